The predicted molar refractivity (Wildman–Crippen MR) is 117 cm³/mol. The smallest absolute Gasteiger partial charge is 0.434 e. The summed E-state index contributed by atoms with van der Waals surface area (Å²) in [6, 6.07) is 3.76. The molecular weight excluding hydrogens is 504 g/mol. The van der Waals surface area contributed by atoms with Gasteiger partial charge < -0.3 is 15.7 Å². The van der Waals surface area contributed by atoms with Crippen molar-refractivity contribution in [2.45, 2.75) is 39.9 Å². The van der Waals surface area contributed by atoms with Gasteiger partial charge in [0, 0.05) is 24.9 Å². The van der Waals surface area contributed by atoms with E-state index in [0.717, 1.165) is 33.4 Å². The summed E-state index contributed by atoms with van der Waals surface area (Å²) in [5.74, 6) is 0.864. The Morgan fingerprint density at radius 3 is 2.39 bits per heavy atom. The minimum absolute atomic E-state index is 0. The van der Waals surface area contributed by atoms with E-state index >= 15 is 0 Å². The molecule has 0 bridgehead atoms. The molecule has 0 saturated heterocycles. The molecule has 0 atom stereocenters. The fourth-order valence-corrected chi connectivity index (χ4v) is 3.30. The summed E-state index contributed by atoms with van der Waals surface area (Å²) in [6.45, 7) is 7.11. The third-order valence-electron chi connectivity index (χ3n) is 3.79. The van der Waals surface area contributed by atoms with Crippen molar-refractivity contribution in [3.8, 4) is 5.75 Å². The van der Waals surface area contributed by atoms with E-state index < -0.39 is 11.9 Å². The van der Waals surface area contributed by atoms with Gasteiger partial charge in [0.05, 0.1) is 11.6 Å². The van der Waals surface area contributed by atoms with Crippen LogP contribution < -0.4 is 10.6 Å². The number of phenolic OH excluding ortho intramolecular Hbond substituents is 1. The minimum Gasteiger partial charge on any atom is -0.507 e. The first-order valence-corrected chi connectivity index (χ1v) is 9.41. The van der Waals surface area contributed by atoms with E-state index in [0.29, 0.717) is 37.0 Å². The number of phenols is 1. The zero-order valence-electron chi connectivity index (χ0n) is 15.9. The number of alkyl halides is 3. The molecule has 1 aromatic heterocycles. The molecule has 0 spiro atoms. The number of aryl methyl sites for hydroxylation is 2. The Morgan fingerprint density at radius 2 is 1.86 bits per heavy atom. The van der Waals surface area contributed by atoms with Crippen molar-refractivity contribution in [2.75, 3.05) is 13.1 Å². The molecule has 28 heavy (non-hydrogen) atoms. The lowest BCUT2D eigenvalue weighted by Crippen LogP contribution is -2.38. The summed E-state index contributed by atoms with van der Waals surface area (Å²) in [5.41, 5.74) is 1.71. The fourth-order valence-electron chi connectivity index (χ4n) is 2.49. The Morgan fingerprint density at radius 1 is 1.21 bits per heavy atom. The SMILES string of the molecule is CCNC(=NCc1cc(C)c(O)c(C)c1)NCCc1nc(C(F)(F)F)cs1.I. The van der Waals surface area contributed by atoms with Crippen LogP contribution in [-0.2, 0) is 19.1 Å². The van der Waals surface area contributed by atoms with Crippen molar-refractivity contribution < 1.29 is 18.3 Å². The molecule has 0 amide bonds. The van der Waals surface area contributed by atoms with Gasteiger partial charge >= 0.3 is 6.18 Å². The molecule has 0 saturated carbocycles. The van der Waals surface area contributed by atoms with Crippen LogP contribution in [0.3, 0.4) is 0 Å². The number of aliphatic imine (C=N–C) groups is 1. The molecule has 1 aromatic carbocycles. The van der Waals surface area contributed by atoms with Crippen LogP contribution in [0.15, 0.2) is 22.5 Å². The molecule has 2 rings (SSSR count). The number of benzene rings is 1. The highest BCUT2D eigenvalue weighted by Crippen LogP contribution is 2.30. The van der Waals surface area contributed by atoms with Gasteiger partial charge in [-0.05, 0) is 37.5 Å². The Bertz CT molecular complexity index is 785. The average Bonchev–Trinajstić information content (AvgIpc) is 3.06. The Kier molecular flexibility index (Phi) is 9.48. The number of rotatable bonds is 6. The van der Waals surface area contributed by atoms with Crippen LogP contribution in [0.4, 0.5) is 13.2 Å². The van der Waals surface area contributed by atoms with Gasteiger partial charge in [0.2, 0.25) is 0 Å². The largest absolute Gasteiger partial charge is 0.507 e. The molecule has 0 aliphatic carbocycles. The number of hydrogen-bond acceptors (Lipinski definition) is 4. The summed E-state index contributed by atoms with van der Waals surface area (Å²) in [4.78, 5) is 8.10. The maximum Gasteiger partial charge on any atom is 0.434 e. The van der Waals surface area contributed by atoms with Crippen LogP contribution >= 0.6 is 35.3 Å². The zero-order chi connectivity index (χ0) is 20.0. The summed E-state index contributed by atoms with van der Waals surface area (Å²) < 4.78 is 37.7. The van der Waals surface area contributed by atoms with E-state index in [4.69, 9.17) is 0 Å². The number of halogens is 4. The standard InChI is InChI=1S/C18H23F3N4OS.HI/c1-4-22-17(24-9-13-7-11(2)16(26)12(3)8-13)23-6-5-15-25-14(10-27-15)18(19,20)21;/h7-8,10,26H,4-6,9H2,1-3H3,(H2,22,23,24);1H. The second kappa shape index (κ2) is 10.8. The number of thiazole rings is 1. The highest BCUT2D eigenvalue weighted by atomic mass is 127. The molecule has 10 heteroatoms. The van der Waals surface area contributed by atoms with Gasteiger partial charge in [0.15, 0.2) is 11.7 Å². The number of nitrogens with zero attached hydrogens (tertiary/aromatic N) is 2. The maximum absolute atomic E-state index is 12.6. The third kappa shape index (κ3) is 7.12. The van der Waals surface area contributed by atoms with Crippen LogP contribution in [0.5, 0.6) is 5.75 Å². The average molecular weight is 528 g/mol. The van der Waals surface area contributed by atoms with E-state index in [2.05, 4.69) is 20.6 Å². The third-order valence-corrected chi connectivity index (χ3v) is 4.70. The summed E-state index contributed by atoms with van der Waals surface area (Å²) >= 11 is 1.00. The van der Waals surface area contributed by atoms with E-state index in [-0.39, 0.29) is 29.7 Å². The van der Waals surface area contributed by atoms with E-state index in [1.165, 1.54) is 0 Å². The summed E-state index contributed by atoms with van der Waals surface area (Å²) in [6.07, 6.45) is -4.03. The van der Waals surface area contributed by atoms with Gasteiger partial charge in [-0.1, -0.05) is 12.1 Å². The second-order valence-corrected chi connectivity index (χ2v) is 7.02. The molecular formula is C18H24F3IN4OS. The Labute approximate surface area is 183 Å². The molecule has 2 aromatic rings. The molecule has 0 aliphatic heterocycles. The first kappa shape index (κ1) is 24.5. The lowest BCUT2D eigenvalue weighted by atomic mass is 10.1. The van der Waals surface area contributed by atoms with Crippen molar-refractivity contribution >= 4 is 41.3 Å². The van der Waals surface area contributed by atoms with Gasteiger partial charge in [-0.25, -0.2) is 9.98 Å². The van der Waals surface area contributed by atoms with E-state index in [1.807, 2.05) is 32.9 Å². The lowest BCUT2D eigenvalue weighted by molar-refractivity contribution is -0.140. The van der Waals surface area contributed by atoms with Crippen molar-refractivity contribution in [3.63, 3.8) is 0 Å². The highest BCUT2D eigenvalue weighted by Gasteiger charge is 2.33. The van der Waals surface area contributed by atoms with Crippen LogP contribution in [0.2, 0.25) is 0 Å². The first-order chi connectivity index (χ1) is 12.7. The Balaban J connectivity index is 0.00000392. The quantitative estimate of drug-likeness (QED) is 0.296. The molecule has 3 N–H and O–H groups in total. The molecule has 5 nitrogen and oxygen atoms in total. The summed E-state index contributed by atoms with van der Waals surface area (Å²) in [7, 11) is 0. The lowest BCUT2D eigenvalue weighted by Gasteiger charge is -2.11. The van der Waals surface area contributed by atoms with Crippen LogP contribution in [-0.4, -0.2) is 29.1 Å². The zero-order valence-corrected chi connectivity index (χ0v) is 19.0. The molecule has 0 aliphatic rings. The maximum atomic E-state index is 12.6. The van der Waals surface area contributed by atoms with E-state index in [1.54, 1.807) is 0 Å². The van der Waals surface area contributed by atoms with Crippen molar-refractivity contribution in [1.29, 1.82) is 0 Å². The van der Waals surface area contributed by atoms with Gasteiger partial charge in [0.1, 0.15) is 5.75 Å². The van der Waals surface area contributed by atoms with Crippen LogP contribution in [0.25, 0.3) is 0 Å². The molecule has 0 unspecified atom stereocenters. The number of nitrogens with one attached hydrogen (secondary N) is 2. The number of aromatic nitrogens is 1. The molecule has 0 radical (unpaired) electrons. The predicted octanol–water partition coefficient (Wildman–Crippen LogP) is 4.40. The van der Waals surface area contributed by atoms with E-state index in [9.17, 15) is 18.3 Å². The van der Waals surface area contributed by atoms with Crippen LogP contribution in [0.1, 0.15) is 34.3 Å². The number of hydrogen-bond donors (Lipinski definition) is 3. The number of aromatic hydroxyl groups is 1. The van der Waals surface area contributed by atoms with Crippen molar-refractivity contribution in [2.24, 2.45) is 4.99 Å². The van der Waals surface area contributed by atoms with Gasteiger partial charge in [-0.15, -0.1) is 35.3 Å². The fraction of sp³-hybridized carbons (Fsp3) is 0.444. The monoisotopic (exact) mass is 528 g/mol. The van der Waals surface area contributed by atoms with Crippen molar-refractivity contribution in [1.82, 2.24) is 15.6 Å². The highest BCUT2D eigenvalue weighted by molar-refractivity contribution is 14.0. The van der Waals surface area contributed by atoms with Crippen molar-refractivity contribution in [3.05, 3.63) is 44.9 Å². The number of guanidine groups is 1. The van der Waals surface area contributed by atoms with Gasteiger partial charge in [0.25, 0.3) is 0 Å². The minimum atomic E-state index is -4.40. The molecule has 156 valence electrons. The molecule has 0 fully saturated rings. The first-order valence-electron chi connectivity index (χ1n) is 8.53. The second-order valence-electron chi connectivity index (χ2n) is 6.07. The molecule has 1 heterocycles. The summed E-state index contributed by atoms with van der Waals surface area (Å²) in [5, 5.41) is 17.5. The normalized spacial score (nSPS) is 11.9. The van der Waals surface area contributed by atoms with Gasteiger partial charge in [-0.3, -0.25) is 0 Å². The van der Waals surface area contributed by atoms with Crippen LogP contribution in [0, 0.1) is 13.8 Å². The Hall–Kier alpha value is -1.56. The van der Waals surface area contributed by atoms with Gasteiger partial charge in [-0.2, -0.15) is 13.2 Å². The topological polar surface area (TPSA) is 69.5 Å².